The lowest BCUT2D eigenvalue weighted by Gasteiger charge is -2.21. The summed E-state index contributed by atoms with van der Waals surface area (Å²) in [6, 6.07) is 5.54. The highest BCUT2D eigenvalue weighted by atomic mass is 16.6. The average molecular weight is 262 g/mol. The first-order chi connectivity index (χ1) is 9.33. The van der Waals surface area contributed by atoms with Gasteiger partial charge in [-0.25, -0.2) is 0 Å². The second-order valence-corrected chi connectivity index (χ2v) is 4.84. The van der Waals surface area contributed by atoms with E-state index in [9.17, 15) is 4.79 Å². The molecular weight excluding hydrogens is 244 g/mol. The molecule has 2 aliphatic heterocycles. The van der Waals surface area contributed by atoms with Crippen LogP contribution in [-0.4, -0.2) is 31.7 Å². The van der Waals surface area contributed by atoms with Gasteiger partial charge in [0.1, 0.15) is 19.3 Å². The van der Waals surface area contributed by atoms with Crippen molar-refractivity contribution in [1.29, 1.82) is 0 Å². The topological polar surface area (TPSA) is 59.6 Å². The molecule has 1 saturated heterocycles. The van der Waals surface area contributed by atoms with Gasteiger partial charge in [0.25, 0.3) is 0 Å². The zero-order chi connectivity index (χ0) is 13.1. The van der Waals surface area contributed by atoms with Gasteiger partial charge >= 0.3 is 0 Å². The molecular formula is C14H18N2O3. The predicted molar refractivity (Wildman–Crippen MR) is 71.7 cm³/mol. The number of rotatable bonds is 2. The van der Waals surface area contributed by atoms with Crippen LogP contribution in [0.15, 0.2) is 18.2 Å². The maximum absolute atomic E-state index is 11.9. The van der Waals surface area contributed by atoms with Gasteiger partial charge in [0.15, 0.2) is 11.5 Å². The van der Waals surface area contributed by atoms with E-state index >= 15 is 0 Å². The Kier molecular flexibility index (Phi) is 3.44. The number of ether oxygens (including phenoxy) is 2. The van der Waals surface area contributed by atoms with Gasteiger partial charge in [-0.2, -0.15) is 0 Å². The minimum absolute atomic E-state index is 0.0763. The summed E-state index contributed by atoms with van der Waals surface area (Å²) in [6.07, 6.45) is 2.96. The summed E-state index contributed by atoms with van der Waals surface area (Å²) in [6.45, 7) is 1.93. The first kappa shape index (κ1) is 12.1. The van der Waals surface area contributed by atoms with Gasteiger partial charge in [-0.05, 0) is 31.4 Å². The number of amides is 1. The molecule has 1 amide bonds. The van der Waals surface area contributed by atoms with Crippen molar-refractivity contribution in [2.45, 2.75) is 25.3 Å². The van der Waals surface area contributed by atoms with Crippen LogP contribution in [-0.2, 0) is 4.79 Å². The molecule has 0 spiro atoms. The number of nitrogens with one attached hydrogen (secondary N) is 2. The summed E-state index contributed by atoms with van der Waals surface area (Å²) in [7, 11) is 0. The number of carbonyl (C=O) groups is 1. The number of carbonyl (C=O) groups excluding carboxylic acids is 1. The summed E-state index contributed by atoms with van der Waals surface area (Å²) in [5.74, 6) is 1.58. The van der Waals surface area contributed by atoms with Crippen molar-refractivity contribution in [3.05, 3.63) is 18.2 Å². The summed E-state index contributed by atoms with van der Waals surface area (Å²) >= 11 is 0. The first-order valence-corrected chi connectivity index (χ1v) is 6.77. The van der Waals surface area contributed by atoms with E-state index in [1.807, 2.05) is 18.2 Å². The molecule has 1 aromatic carbocycles. The van der Waals surface area contributed by atoms with Crippen molar-refractivity contribution >= 4 is 11.6 Å². The molecule has 0 bridgehead atoms. The lowest BCUT2D eigenvalue weighted by molar-refractivity contribution is -0.121. The van der Waals surface area contributed by atoms with Crippen LogP contribution in [0.1, 0.15) is 19.3 Å². The summed E-state index contributed by atoms with van der Waals surface area (Å²) in [5.41, 5.74) is 0.895. The Morgan fingerprint density at radius 3 is 2.89 bits per heavy atom. The Hall–Kier alpha value is -1.91. The molecule has 0 radical (unpaired) electrons. The van der Waals surface area contributed by atoms with Crippen LogP contribution < -0.4 is 20.1 Å². The molecule has 0 aliphatic carbocycles. The lowest BCUT2D eigenvalue weighted by Crippen LogP contribution is -2.37. The van der Waals surface area contributed by atoms with Gasteiger partial charge in [0.05, 0.1) is 0 Å². The largest absolute Gasteiger partial charge is 0.486 e. The highest BCUT2D eigenvalue weighted by molar-refractivity contribution is 5.84. The number of fused-ring (bicyclic) bond motifs is 1. The number of hydrogen-bond donors (Lipinski definition) is 2. The van der Waals surface area contributed by atoms with E-state index in [4.69, 9.17) is 9.47 Å². The van der Waals surface area contributed by atoms with Crippen molar-refractivity contribution in [2.24, 2.45) is 0 Å². The lowest BCUT2D eigenvalue weighted by atomic mass is 10.1. The Bertz CT molecular complexity index is 476. The van der Waals surface area contributed by atoms with Gasteiger partial charge in [0, 0.05) is 18.3 Å². The van der Waals surface area contributed by atoms with Crippen LogP contribution in [0.4, 0.5) is 5.69 Å². The van der Waals surface area contributed by atoms with Crippen LogP contribution in [0.3, 0.4) is 0 Å². The van der Waals surface area contributed by atoms with Crippen molar-refractivity contribution in [2.75, 3.05) is 25.1 Å². The third-order valence-electron chi connectivity index (χ3n) is 3.42. The number of hydrogen-bond acceptors (Lipinski definition) is 4. The second kappa shape index (κ2) is 5.38. The zero-order valence-electron chi connectivity index (χ0n) is 10.8. The van der Waals surface area contributed by atoms with E-state index in [0.29, 0.717) is 13.2 Å². The summed E-state index contributed by atoms with van der Waals surface area (Å²) in [5, 5.41) is 6.19. The van der Waals surface area contributed by atoms with Crippen LogP contribution in [0.2, 0.25) is 0 Å². The summed E-state index contributed by atoms with van der Waals surface area (Å²) in [4.78, 5) is 11.9. The molecule has 102 valence electrons. The summed E-state index contributed by atoms with van der Waals surface area (Å²) < 4.78 is 11.0. The van der Waals surface area contributed by atoms with E-state index < -0.39 is 0 Å². The molecule has 0 aromatic heterocycles. The second-order valence-electron chi connectivity index (χ2n) is 4.84. The number of benzene rings is 1. The molecule has 0 saturated carbocycles. The van der Waals surface area contributed by atoms with Crippen molar-refractivity contribution in [3.63, 3.8) is 0 Å². The number of anilines is 1. The highest BCUT2D eigenvalue weighted by Crippen LogP contribution is 2.33. The first-order valence-electron chi connectivity index (χ1n) is 6.77. The maximum atomic E-state index is 11.9. The molecule has 1 aromatic rings. The monoisotopic (exact) mass is 262 g/mol. The molecule has 1 atom stereocenters. The average Bonchev–Trinajstić information content (AvgIpc) is 2.64. The van der Waals surface area contributed by atoms with Gasteiger partial charge in [0.2, 0.25) is 5.91 Å². The maximum Gasteiger partial charge on any atom is 0.242 e. The van der Waals surface area contributed by atoms with Crippen molar-refractivity contribution in [1.82, 2.24) is 5.32 Å². The molecule has 1 unspecified atom stereocenters. The minimum Gasteiger partial charge on any atom is -0.486 e. The van der Waals surface area contributed by atoms with Crippen LogP contribution in [0.5, 0.6) is 11.5 Å². The van der Waals surface area contributed by atoms with E-state index in [-0.39, 0.29) is 11.9 Å². The predicted octanol–water partition coefficient (Wildman–Crippen LogP) is 1.54. The van der Waals surface area contributed by atoms with E-state index in [2.05, 4.69) is 10.6 Å². The Morgan fingerprint density at radius 2 is 2.00 bits per heavy atom. The molecule has 2 N–H and O–H groups in total. The normalized spacial score (nSPS) is 22.3. The Labute approximate surface area is 112 Å². The molecule has 5 nitrogen and oxygen atoms in total. The third kappa shape index (κ3) is 2.75. The Balaban J connectivity index is 1.73. The standard InChI is InChI=1S/C14H18N2O3/c17-14-11(3-1-2-6-15-14)16-10-4-5-12-13(9-10)19-8-7-18-12/h4-5,9,11,16H,1-3,6-8H2,(H,15,17). The van der Waals surface area contributed by atoms with Gasteiger partial charge < -0.3 is 20.1 Å². The molecule has 2 heterocycles. The van der Waals surface area contributed by atoms with E-state index in [0.717, 1.165) is 43.0 Å². The molecule has 3 rings (SSSR count). The molecule has 1 fully saturated rings. The van der Waals surface area contributed by atoms with Gasteiger partial charge in [-0.1, -0.05) is 0 Å². The van der Waals surface area contributed by atoms with Crippen LogP contribution in [0.25, 0.3) is 0 Å². The van der Waals surface area contributed by atoms with Crippen molar-refractivity contribution in [3.8, 4) is 11.5 Å². The quantitative estimate of drug-likeness (QED) is 0.848. The van der Waals surface area contributed by atoms with Crippen LogP contribution >= 0.6 is 0 Å². The third-order valence-corrected chi connectivity index (χ3v) is 3.42. The smallest absolute Gasteiger partial charge is 0.242 e. The van der Waals surface area contributed by atoms with E-state index in [1.54, 1.807) is 0 Å². The Morgan fingerprint density at radius 1 is 1.16 bits per heavy atom. The van der Waals surface area contributed by atoms with Gasteiger partial charge in [-0.15, -0.1) is 0 Å². The fraction of sp³-hybridized carbons (Fsp3) is 0.500. The SMILES string of the molecule is O=C1NCCCCC1Nc1ccc2c(c1)OCCO2. The fourth-order valence-electron chi connectivity index (χ4n) is 2.41. The molecule has 5 heteroatoms. The highest BCUT2D eigenvalue weighted by Gasteiger charge is 2.21. The molecule has 2 aliphatic rings. The van der Waals surface area contributed by atoms with Gasteiger partial charge in [-0.3, -0.25) is 4.79 Å². The zero-order valence-corrected chi connectivity index (χ0v) is 10.8. The molecule has 19 heavy (non-hydrogen) atoms. The van der Waals surface area contributed by atoms with Crippen LogP contribution in [0, 0.1) is 0 Å². The minimum atomic E-state index is -0.162. The van der Waals surface area contributed by atoms with Crippen molar-refractivity contribution < 1.29 is 14.3 Å². The fourth-order valence-corrected chi connectivity index (χ4v) is 2.41. The van der Waals surface area contributed by atoms with E-state index in [1.165, 1.54) is 0 Å².